The van der Waals surface area contributed by atoms with Gasteiger partial charge in [-0.2, -0.15) is 0 Å². The second-order valence-electron chi connectivity index (χ2n) is 3.14. The van der Waals surface area contributed by atoms with Gasteiger partial charge in [-0.15, -0.1) is 0 Å². The van der Waals surface area contributed by atoms with Gasteiger partial charge < -0.3 is 0 Å². The first-order valence-electron chi connectivity index (χ1n) is 4.86. The molecule has 2 aromatic heterocycles. The average Bonchev–Trinajstić information content (AvgIpc) is 2.97. The van der Waals surface area contributed by atoms with E-state index in [9.17, 15) is 9.36 Å². The molecule has 18 heavy (non-hydrogen) atoms. The van der Waals surface area contributed by atoms with Gasteiger partial charge in [-0.1, -0.05) is 0 Å². The summed E-state index contributed by atoms with van der Waals surface area (Å²) in [6.07, 6.45) is 0. The first-order chi connectivity index (χ1) is 8.72. The Morgan fingerprint density at radius 3 is 3.11 bits per heavy atom. The van der Waals surface area contributed by atoms with Crippen molar-refractivity contribution >= 4 is 41.6 Å². The monoisotopic (exact) mass is 297 g/mol. The number of amides is 1. The second-order valence-corrected chi connectivity index (χ2v) is 5.62. The normalized spacial score (nSPS) is 9.78. The van der Waals surface area contributed by atoms with Crippen LogP contribution in [0, 0.1) is 5.63 Å². The van der Waals surface area contributed by atoms with Crippen LogP contribution in [0.1, 0.15) is 10.5 Å². The standard InChI is InChI=1S/C10H8N3O2PS2/c11-10-13-7(9(14)12-3-4-16-15)8(18-10)6-2-1-5-17-6/h1-2,5H,3H2,(H2,11,13)(H,12,14). The van der Waals surface area contributed by atoms with E-state index in [4.69, 9.17) is 5.73 Å². The maximum atomic E-state index is 11.9. The molecule has 0 unspecified atom stereocenters. The van der Waals surface area contributed by atoms with Crippen molar-refractivity contribution in [3.8, 4) is 15.4 Å². The summed E-state index contributed by atoms with van der Waals surface area (Å²) in [5, 5.41) is 4.82. The van der Waals surface area contributed by atoms with Gasteiger partial charge in [-0.25, -0.2) is 0 Å². The van der Waals surface area contributed by atoms with E-state index in [1.54, 1.807) is 0 Å². The molecule has 3 N–H and O–H groups in total. The average molecular weight is 297 g/mol. The summed E-state index contributed by atoms with van der Waals surface area (Å²) in [7, 11) is -0.235. The zero-order valence-electron chi connectivity index (χ0n) is 9.04. The molecule has 0 bridgehead atoms. The Morgan fingerprint density at radius 2 is 2.44 bits per heavy atom. The molecule has 0 spiro atoms. The van der Waals surface area contributed by atoms with E-state index in [0.717, 1.165) is 9.75 Å². The van der Waals surface area contributed by atoms with E-state index in [-0.39, 0.29) is 20.4 Å². The van der Waals surface area contributed by atoms with Gasteiger partial charge in [-0.05, 0) is 0 Å². The SMILES string of the molecule is Nc1nc(C(=O)NCC#P=O)c(-c2cccs2)s1. The molecular formula is C10H8N3O2PS2. The second kappa shape index (κ2) is 5.98. The quantitative estimate of drug-likeness (QED) is 0.852. The number of carbonyl (C=O) groups excluding carboxylic acids is 1. The Balaban J connectivity index is 2.29. The van der Waals surface area contributed by atoms with Gasteiger partial charge in [0.05, 0.1) is 0 Å². The van der Waals surface area contributed by atoms with Crippen molar-refractivity contribution in [1.29, 1.82) is 0 Å². The van der Waals surface area contributed by atoms with Crippen LogP contribution in [0.3, 0.4) is 0 Å². The van der Waals surface area contributed by atoms with E-state index in [0.29, 0.717) is 10.8 Å². The molecule has 5 nitrogen and oxygen atoms in total. The third-order valence-electron chi connectivity index (χ3n) is 2.00. The number of thiazole rings is 1. The fraction of sp³-hybridized carbons (Fsp3) is 0.100. The number of thiophene rings is 1. The molecule has 0 aromatic carbocycles. The molecule has 0 atom stereocenters. The molecule has 0 saturated carbocycles. The molecule has 0 saturated heterocycles. The molecule has 0 fully saturated rings. The number of rotatable bonds is 3. The van der Waals surface area contributed by atoms with E-state index in [1.165, 1.54) is 22.7 Å². The third-order valence-corrected chi connectivity index (χ3v) is 4.22. The summed E-state index contributed by atoms with van der Waals surface area (Å²) in [4.78, 5) is 17.6. The molecule has 0 aliphatic carbocycles. The minimum absolute atomic E-state index is 0.102. The Labute approximate surface area is 112 Å². The number of hydrogen-bond donors (Lipinski definition) is 2. The Kier molecular flexibility index (Phi) is 4.33. The number of anilines is 1. The summed E-state index contributed by atoms with van der Waals surface area (Å²) >= 11 is 2.79. The molecule has 0 radical (unpaired) electrons. The zero-order valence-corrected chi connectivity index (χ0v) is 11.6. The fourth-order valence-electron chi connectivity index (χ4n) is 1.30. The van der Waals surface area contributed by atoms with E-state index >= 15 is 0 Å². The van der Waals surface area contributed by atoms with Crippen molar-refractivity contribution in [3.05, 3.63) is 23.2 Å². The van der Waals surface area contributed by atoms with Crippen LogP contribution < -0.4 is 11.1 Å². The van der Waals surface area contributed by atoms with Gasteiger partial charge in [-0.3, -0.25) is 0 Å². The molecule has 0 aliphatic heterocycles. The van der Waals surface area contributed by atoms with Gasteiger partial charge in [0.15, 0.2) is 0 Å². The summed E-state index contributed by atoms with van der Waals surface area (Å²) in [5.41, 5.74) is 8.38. The van der Waals surface area contributed by atoms with Crippen molar-refractivity contribution in [2.45, 2.75) is 0 Å². The van der Waals surface area contributed by atoms with Gasteiger partial charge in [0.2, 0.25) is 0 Å². The van der Waals surface area contributed by atoms with Crippen molar-refractivity contribution < 1.29 is 9.36 Å². The molecule has 1 amide bonds. The fourth-order valence-corrected chi connectivity index (χ4v) is 3.13. The van der Waals surface area contributed by atoms with Crippen molar-refractivity contribution in [3.63, 3.8) is 0 Å². The minimum atomic E-state index is -0.345. The number of nitrogens with two attached hydrogens (primary N) is 1. The van der Waals surface area contributed by atoms with Crippen LogP contribution in [0.4, 0.5) is 5.13 Å². The van der Waals surface area contributed by atoms with Crippen LogP contribution in [-0.2, 0) is 4.57 Å². The topological polar surface area (TPSA) is 85.1 Å². The van der Waals surface area contributed by atoms with Gasteiger partial charge in [0.1, 0.15) is 0 Å². The first kappa shape index (κ1) is 13.1. The Bertz CT molecular complexity index is 660. The van der Waals surface area contributed by atoms with Gasteiger partial charge in [0, 0.05) is 0 Å². The predicted molar refractivity (Wildman–Crippen MR) is 73.7 cm³/mol. The third kappa shape index (κ3) is 2.89. The molecular weight excluding hydrogens is 289 g/mol. The molecule has 0 aliphatic rings. The molecule has 2 rings (SSSR count). The molecule has 2 aromatic rings. The van der Waals surface area contributed by atoms with Crippen LogP contribution in [0.5, 0.6) is 0 Å². The Hall–Kier alpha value is -1.39. The van der Waals surface area contributed by atoms with Crippen molar-refractivity contribution in [2.75, 3.05) is 12.3 Å². The number of nitrogen functional groups attached to an aromatic ring is 1. The molecule has 92 valence electrons. The van der Waals surface area contributed by atoms with Crippen LogP contribution in [0.15, 0.2) is 17.5 Å². The van der Waals surface area contributed by atoms with Crippen LogP contribution in [0.25, 0.3) is 9.75 Å². The Morgan fingerprint density at radius 1 is 1.61 bits per heavy atom. The predicted octanol–water partition coefficient (Wildman–Crippen LogP) is 2.43. The number of carbonyl (C=O) groups is 1. The number of nitrogens with one attached hydrogen (secondary N) is 1. The first-order valence-corrected chi connectivity index (χ1v) is 7.37. The zero-order chi connectivity index (χ0) is 13.0. The number of nitrogens with zero attached hydrogens (tertiary/aromatic N) is 1. The van der Waals surface area contributed by atoms with E-state index < -0.39 is 0 Å². The summed E-state index contributed by atoms with van der Waals surface area (Å²) in [6, 6.07) is 3.80. The summed E-state index contributed by atoms with van der Waals surface area (Å²) in [6.45, 7) is 0.102. The van der Waals surface area contributed by atoms with Gasteiger partial charge >= 0.3 is 112 Å². The number of aromatic nitrogens is 1. The van der Waals surface area contributed by atoms with Crippen LogP contribution in [-0.4, -0.2) is 17.4 Å². The van der Waals surface area contributed by atoms with Crippen LogP contribution in [0.2, 0.25) is 0 Å². The van der Waals surface area contributed by atoms with Crippen LogP contribution >= 0.6 is 30.6 Å². The van der Waals surface area contributed by atoms with E-state index in [2.05, 4.69) is 15.9 Å². The summed E-state index contributed by atoms with van der Waals surface area (Å²) in [5.74, 6) is -0.345. The van der Waals surface area contributed by atoms with Crippen molar-refractivity contribution in [2.24, 2.45) is 0 Å². The van der Waals surface area contributed by atoms with E-state index in [1.807, 2.05) is 17.5 Å². The number of hydrogen-bond acceptors (Lipinski definition) is 6. The maximum absolute atomic E-state index is 11.9. The molecule has 8 heteroatoms. The van der Waals surface area contributed by atoms with Gasteiger partial charge in [0.25, 0.3) is 0 Å². The molecule has 2 heterocycles. The van der Waals surface area contributed by atoms with Crippen molar-refractivity contribution in [1.82, 2.24) is 10.3 Å². The summed E-state index contributed by atoms with van der Waals surface area (Å²) < 4.78 is 10.2.